The molecular formula is C13H15BrFN3O2. The number of hydrogen-bond acceptors (Lipinski definition) is 3. The van der Waals surface area contributed by atoms with Crippen molar-refractivity contribution >= 4 is 27.7 Å². The Morgan fingerprint density at radius 2 is 2.30 bits per heavy atom. The predicted octanol–water partition coefficient (Wildman–Crippen LogP) is 0.935. The number of benzene rings is 1. The topological polar surface area (TPSA) is 75.4 Å². The van der Waals surface area contributed by atoms with Gasteiger partial charge in [0.15, 0.2) is 0 Å². The largest absolute Gasteiger partial charge is 0.368 e. The number of nitrogens with one attached hydrogen (secondary N) is 1. The van der Waals surface area contributed by atoms with Crippen LogP contribution in [0.15, 0.2) is 22.7 Å². The molecule has 0 unspecified atom stereocenters. The number of likely N-dealkylation sites (N-methyl/N-ethyl adjacent to an activating group) is 1. The molecule has 2 rings (SSSR count). The molecule has 1 heterocycles. The van der Waals surface area contributed by atoms with Crippen LogP contribution in [0.1, 0.15) is 18.0 Å². The SMILES string of the molecule is CN1CC[C@@H](N[C@H](C(N)=O)c2ccc(Br)cc2F)C1=O. The lowest BCUT2D eigenvalue weighted by molar-refractivity contribution is -0.128. The van der Waals surface area contributed by atoms with Gasteiger partial charge >= 0.3 is 0 Å². The minimum Gasteiger partial charge on any atom is -0.368 e. The molecule has 1 aliphatic rings. The fourth-order valence-corrected chi connectivity index (χ4v) is 2.57. The summed E-state index contributed by atoms with van der Waals surface area (Å²) in [7, 11) is 1.68. The van der Waals surface area contributed by atoms with Gasteiger partial charge in [-0.2, -0.15) is 0 Å². The van der Waals surface area contributed by atoms with Gasteiger partial charge in [-0.15, -0.1) is 0 Å². The summed E-state index contributed by atoms with van der Waals surface area (Å²) in [6.45, 7) is 0.602. The molecule has 0 aliphatic carbocycles. The third-order valence-electron chi connectivity index (χ3n) is 3.35. The van der Waals surface area contributed by atoms with Gasteiger partial charge in [0.05, 0.1) is 6.04 Å². The zero-order valence-electron chi connectivity index (χ0n) is 10.9. The highest BCUT2D eigenvalue weighted by molar-refractivity contribution is 9.10. The van der Waals surface area contributed by atoms with Gasteiger partial charge in [-0.1, -0.05) is 22.0 Å². The van der Waals surface area contributed by atoms with E-state index in [2.05, 4.69) is 21.2 Å². The molecule has 0 bridgehead atoms. The third-order valence-corrected chi connectivity index (χ3v) is 3.85. The number of primary amides is 1. The molecular weight excluding hydrogens is 329 g/mol. The van der Waals surface area contributed by atoms with E-state index in [9.17, 15) is 14.0 Å². The molecule has 0 aromatic heterocycles. The Kier molecular flexibility index (Phi) is 4.39. The summed E-state index contributed by atoms with van der Waals surface area (Å²) in [4.78, 5) is 25.0. The van der Waals surface area contributed by atoms with E-state index in [1.807, 2.05) is 0 Å². The average Bonchev–Trinajstić information content (AvgIpc) is 2.68. The second-order valence-electron chi connectivity index (χ2n) is 4.77. The highest BCUT2D eigenvalue weighted by Gasteiger charge is 2.33. The summed E-state index contributed by atoms with van der Waals surface area (Å²) in [5.74, 6) is -1.38. The lowest BCUT2D eigenvalue weighted by Gasteiger charge is -2.20. The van der Waals surface area contributed by atoms with Gasteiger partial charge in [0.1, 0.15) is 11.9 Å². The summed E-state index contributed by atoms with van der Waals surface area (Å²) in [5, 5.41) is 2.85. The van der Waals surface area contributed by atoms with Crippen molar-refractivity contribution in [2.45, 2.75) is 18.5 Å². The maximum absolute atomic E-state index is 13.9. The smallest absolute Gasteiger partial charge is 0.239 e. The molecule has 0 spiro atoms. The van der Waals surface area contributed by atoms with E-state index in [1.54, 1.807) is 18.0 Å². The molecule has 0 saturated carbocycles. The summed E-state index contributed by atoms with van der Waals surface area (Å²) in [5.41, 5.74) is 5.47. The Labute approximate surface area is 124 Å². The molecule has 1 aliphatic heterocycles. The van der Waals surface area contributed by atoms with Crippen LogP contribution in [-0.2, 0) is 9.59 Å². The molecule has 0 radical (unpaired) electrons. The molecule has 20 heavy (non-hydrogen) atoms. The number of rotatable bonds is 4. The zero-order chi connectivity index (χ0) is 14.9. The Balaban J connectivity index is 2.24. The zero-order valence-corrected chi connectivity index (χ0v) is 12.5. The average molecular weight is 344 g/mol. The third kappa shape index (κ3) is 2.99. The van der Waals surface area contributed by atoms with Crippen LogP contribution in [0.4, 0.5) is 4.39 Å². The van der Waals surface area contributed by atoms with Crippen LogP contribution in [0.2, 0.25) is 0 Å². The maximum Gasteiger partial charge on any atom is 0.239 e. The van der Waals surface area contributed by atoms with Crippen LogP contribution >= 0.6 is 15.9 Å². The van der Waals surface area contributed by atoms with Gasteiger partial charge in [0, 0.05) is 23.6 Å². The van der Waals surface area contributed by atoms with Gasteiger partial charge in [0.25, 0.3) is 0 Å². The first-order valence-corrected chi connectivity index (χ1v) is 6.94. The van der Waals surface area contributed by atoms with Crippen molar-refractivity contribution in [2.75, 3.05) is 13.6 Å². The van der Waals surface area contributed by atoms with E-state index in [-0.39, 0.29) is 11.5 Å². The van der Waals surface area contributed by atoms with Gasteiger partial charge < -0.3 is 10.6 Å². The Morgan fingerprint density at radius 1 is 1.60 bits per heavy atom. The number of amides is 2. The number of nitrogens with two attached hydrogens (primary N) is 1. The fraction of sp³-hybridized carbons (Fsp3) is 0.385. The Bertz CT molecular complexity index is 552. The molecule has 2 amide bonds. The number of nitrogens with zero attached hydrogens (tertiary/aromatic N) is 1. The van der Waals surface area contributed by atoms with E-state index in [1.165, 1.54) is 12.1 Å². The summed E-state index contributed by atoms with van der Waals surface area (Å²) < 4.78 is 14.5. The van der Waals surface area contributed by atoms with Crippen molar-refractivity contribution in [3.8, 4) is 0 Å². The Morgan fingerprint density at radius 3 is 2.80 bits per heavy atom. The van der Waals surface area contributed by atoms with Crippen LogP contribution in [0.25, 0.3) is 0 Å². The standard InChI is InChI=1S/C13H15BrFN3O2/c1-18-5-4-10(13(18)20)17-11(12(16)19)8-3-2-7(14)6-9(8)15/h2-3,6,10-11,17H,4-5H2,1H3,(H2,16,19)/t10-,11+/m1/s1. The van der Waals surface area contributed by atoms with Crippen molar-refractivity contribution in [3.63, 3.8) is 0 Å². The predicted molar refractivity (Wildman–Crippen MR) is 75.2 cm³/mol. The fourth-order valence-electron chi connectivity index (χ4n) is 2.24. The molecule has 1 aromatic rings. The molecule has 3 N–H and O–H groups in total. The lowest BCUT2D eigenvalue weighted by Crippen LogP contribution is -2.44. The highest BCUT2D eigenvalue weighted by Crippen LogP contribution is 2.23. The molecule has 7 heteroatoms. The number of likely N-dealkylation sites (tertiary alicyclic amines) is 1. The van der Waals surface area contributed by atoms with E-state index in [0.717, 1.165) is 0 Å². The minimum atomic E-state index is -1.02. The first kappa shape index (κ1) is 14.9. The normalized spacial score (nSPS) is 20.2. The summed E-state index contributed by atoms with van der Waals surface area (Å²) in [6, 6.07) is 2.82. The first-order chi connectivity index (χ1) is 9.40. The monoisotopic (exact) mass is 343 g/mol. The molecule has 1 fully saturated rings. The molecule has 1 aromatic carbocycles. The number of halogens is 2. The van der Waals surface area contributed by atoms with Crippen molar-refractivity contribution in [1.82, 2.24) is 10.2 Å². The highest BCUT2D eigenvalue weighted by atomic mass is 79.9. The van der Waals surface area contributed by atoms with Gasteiger partial charge in [-0.3, -0.25) is 14.9 Å². The van der Waals surface area contributed by atoms with Crippen LogP contribution in [0, 0.1) is 5.82 Å². The second-order valence-corrected chi connectivity index (χ2v) is 5.68. The quantitative estimate of drug-likeness (QED) is 0.854. The first-order valence-electron chi connectivity index (χ1n) is 6.15. The van der Waals surface area contributed by atoms with Crippen molar-refractivity contribution in [3.05, 3.63) is 34.1 Å². The van der Waals surface area contributed by atoms with Crippen LogP contribution in [-0.4, -0.2) is 36.3 Å². The molecule has 1 saturated heterocycles. The number of carbonyl (C=O) groups is 2. The summed E-state index contributed by atoms with van der Waals surface area (Å²) in [6.07, 6.45) is 0.567. The van der Waals surface area contributed by atoms with Gasteiger partial charge in [0.2, 0.25) is 11.8 Å². The van der Waals surface area contributed by atoms with Crippen LogP contribution < -0.4 is 11.1 Å². The van der Waals surface area contributed by atoms with E-state index >= 15 is 0 Å². The number of carbonyl (C=O) groups excluding carboxylic acids is 2. The maximum atomic E-state index is 13.9. The van der Waals surface area contributed by atoms with Gasteiger partial charge in [-0.25, -0.2) is 4.39 Å². The molecule has 108 valence electrons. The van der Waals surface area contributed by atoms with Crippen LogP contribution in [0.5, 0.6) is 0 Å². The Hall–Kier alpha value is -1.47. The molecule has 5 nitrogen and oxygen atoms in total. The van der Waals surface area contributed by atoms with Crippen LogP contribution in [0.3, 0.4) is 0 Å². The van der Waals surface area contributed by atoms with Crippen molar-refractivity contribution in [1.29, 1.82) is 0 Å². The molecule has 2 atom stereocenters. The summed E-state index contributed by atoms with van der Waals surface area (Å²) >= 11 is 3.15. The lowest BCUT2D eigenvalue weighted by atomic mass is 10.0. The van der Waals surface area contributed by atoms with E-state index in [0.29, 0.717) is 17.4 Å². The number of hydrogen-bond donors (Lipinski definition) is 2. The van der Waals surface area contributed by atoms with Crippen molar-refractivity contribution < 1.29 is 14.0 Å². The van der Waals surface area contributed by atoms with Crippen molar-refractivity contribution in [2.24, 2.45) is 5.73 Å². The minimum absolute atomic E-state index is 0.117. The van der Waals surface area contributed by atoms with Gasteiger partial charge in [-0.05, 0) is 18.6 Å². The second kappa shape index (κ2) is 5.88. The van der Waals surface area contributed by atoms with E-state index < -0.39 is 23.8 Å². The van der Waals surface area contributed by atoms with E-state index in [4.69, 9.17) is 5.73 Å².